The van der Waals surface area contributed by atoms with Gasteiger partial charge in [-0.05, 0) is 29.8 Å². The molecule has 0 aliphatic carbocycles. The number of carbonyl (C=O) groups is 1. The third-order valence-electron chi connectivity index (χ3n) is 7.31. The molecule has 0 atom stereocenters. The normalized spacial score (nSPS) is 15.2. The van der Waals surface area contributed by atoms with Crippen LogP contribution in [0.25, 0.3) is 33.8 Å². The van der Waals surface area contributed by atoms with Crippen LogP contribution in [-0.4, -0.2) is 55.0 Å². The number of hydrogen-bond donors (Lipinski definition) is 2. The van der Waals surface area contributed by atoms with Gasteiger partial charge in [-0.15, -0.1) is 0 Å². The SMILES string of the molecule is CC(C)(C)c1nc(C(=O)NCc2ccc(-c3ccnc4[nH]c(-c5ccc(N6CCC(F)(F)CC6)cn5)nc34)cc2F)no1. The highest BCUT2D eigenvalue weighted by atomic mass is 19.3. The number of nitrogens with zero attached hydrogens (tertiary/aromatic N) is 6. The number of imidazole rings is 1. The maximum absolute atomic E-state index is 15.2. The first-order chi connectivity index (χ1) is 20.5. The third kappa shape index (κ3) is 5.92. The maximum atomic E-state index is 15.2. The van der Waals surface area contributed by atoms with Crippen LogP contribution in [0.5, 0.6) is 0 Å². The van der Waals surface area contributed by atoms with Gasteiger partial charge in [0.05, 0.1) is 11.9 Å². The number of pyridine rings is 2. The summed E-state index contributed by atoms with van der Waals surface area (Å²) in [4.78, 5) is 35.2. The van der Waals surface area contributed by atoms with Crippen LogP contribution in [0.2, 0.25) is 0 Å². The molecule has 1 amide bonds. The zero-order valence-corrected chi connectivity index (χ0v) is 23.8. The Balaban J connectivity index is 1.17. The van der Waals surface area contributed by atoms with E-state index < -0.39 is 23.1 Å². The van der Waals surface area contributed by atoms with Crippen molar-refractivity contribution in [1.82, 2.24) is 35.4 Å². The largest absolute Gasteiger partial charge is 0.370 e. The van der Waals surface area contributed by atoms with Crippen LogP contribution < -0.4 is 10.2 Å². The molecule has 43 heavy (non-hydrogen) atoms. The molecule has 1 fully saturated rings. The highest BCUT2D eigenvalue weighted by Crippen LogP contribution is 2.32. The molecule has 5 heterocycles. The lowest BCUT2D eigenvalue weighted by molar-refractivity contribution is -0.0220. The number of alkyl halides is 2. The van der Waals surface area contributed by atoms with E-state index in [1.54, 1.807) is 36.7 Å². The second-order valence-electron chi connectivity index (χ2n) is 11.5. The molecule has 2 N–H and O–H groups in total. The minimum absolute atomic E-state index is 0.0653. The number of rotatable bonds is 6. The zero-order chi connectivity index (χ0) is 30.4. The predicted molar refractivity (Wildman–Crippen MR) is 153 cm³/mol. The molecule has 13 heteroatoms. The molecule has 10 nitrogen and oxygen atoms in total. The molecule has 4 aromatic heterocycles. The van der Waals surface area contributed by atoms with Gasteiger partial charge in [-0.25, -0.2) is 23.1 Å². The lowest BCUT2D eigenvalue weighted by Gasteiger charge is -2.33. The van der Waals surface area contributed by atoms with Crippen molar-refractivity contribution in [3.63, 3.8) is 0 Å². The average molecular weight is 591 g/mol. The van der Waals surface area contributed by atoms with Crippen LogP contribution >= 0.6 is 0 Å². The Kier molecular flexibility index (Phi) is 7.10. The first-order valence-electron chi connectivity index (χ1n) is 13.8. The monoisotopic (exact) mass is 590 g/mol. The molecule has 0 saturated carbocycles. The van der Waals surface area contributed by atoms with E-state index in [0.717, 1.165) is 5.69 Å². The van der Waals surface area contributed by atoms with Crippen molar-refractivity contribution in [2.24, 2.45) is 0 Å². The van der Waals surface area contributed by atoms with Gasteiger partial charge >= 0.3 is 0 Å². The van der Waals surface area contributed by atoms with Crippen molar-refractivity contribution >= 4 is 22.8 Å². The number of aromatic nitrogens is 6. The van der Waals surface area contributed by atoms with Gasteiger partial charge in [0, 0.05) is 55.2 Å². The zero-order valence-electron chi connectivity index (χ0n) is 23.8. The third-order valence-corrected chi connectivity index (χ3v) is 7.31. The minimum atomic E-state index is -2.62. The van der Waals surface area contributed by atoms with Gasteiger partial charge in [-0.3, -0.25) is 9.78 Å². The van der Waals surface area contributed by atoms with E-state index in [1.165, 1.54) is 6.07 Å². The molecular formula is C30H29F3N8O2. The molecule has 0 spiro atoms. The number of benzene rings is 1. The summed E-state index contributed by atoms with van der Waals surface area (Å²) in [6.45, 7) is 6.14. The second-order valence-corrected chi connectivity index (χ2v) is 11.5. The van der Waals surface area contributed by atoms with Gasteiger partial charge in [-0.1, -0.05) is 38.1 Å². The summed E-state index contributed by atoms with van der Waals surface area (Å²) in [5, 5.41) is 6.34. The van der Waals surface area contributed by atoms with E-state index in [4.69, 9.17) is 4.52 Å². The van der Waals surface area contributed by atoms with Gasteiger partial charge in [0.15, 0.2) is 11.5 Å². The van der Waals surface area contributed by atoms with Crippen molar-refractivity contribution < 1.29 is 22.5 Å². The lowest BCUT2D eigenvalue weighted by Crippen LogP contribution is -2.39. The van der Waals surface area contributed by atoms with Gasteiger partial charge in [0.25, 0.3) is 17.7 Å². The Bertz CT molecular complexity index is 1780. The standard InChI is InChI=1S/C30H29F3N8O2/c1-29(2,3)28-39-26(40-43-28)27(42)36-15-18-5-4-17(14-21(18)31)20-8-11-34-25-23(20)37-24(38-25)22-7-6-19(16-35-22)41-12-9-30(32,33)10-13-41/h4-8,11,14,16H,9-10,12-13,15H2,1-3H3,(H,36,42)(H,34,37,38). The van der Waals surface area contributed by atoms with E-state index in [9.17, 15) is 13.6 Å². The maximum Gasteiger partial charge on any atom is 0.292 e. The van der Waals surface area contributed by atoms with Gasteiger partial charge in [-0.2, -0.15) is 4.98 Å². The number of fused-ring (bicyclic) bond motifs is 1. The summed E-state index contributed by atoms with van der Waals surface area (Å²) in [6.07, 6.45) is 2.89. The Labute approximate surface area is 244 Å². The first-order valence-corrected chi connectivity index (χ1v) is 13.8. The first kappa shape index (κ1) is 28.3. The van der Waals surface area contributed by atoms with Gasteiger partial charge in [0.1, 0.15) is 17.0 Å². The second kappa shape index (κ2) is 10.8. The number of piperidine rings is 1. The van der Waals surface area contributed by atoms with E-state index in [-0.39, 0.29) is 43.9 Å². The fraction of sp³-hybridized carbons (Fsp3) is 0.333. The summed E-state index contributed by atoms with van der Waals surface area (Å²) in [6, 6.07) is 10.1. The van der Waals surface area contributed by atoms with E-state index in [2.05, 4.69) is 35.4 Å². The summed E-state index contributed by atoms with van der Waals surface area (Å²) < 4.78 is 47.4. The van der Waals surface area contributed by atoms with Crippen molar-refractivity contribution in [1.29, 1.82) is 0 Å². The number of aromatic amines is 1. The van der Waals surface area contributed by atoms with Crippen molar-refractivity contribution in [3.8, 4) is 22.6 Å². The highest BCUT2D eigenvalue weighted by molar-refractivity contribution is 5.91. The molecule has 1 saturated heterocycles. The van der Waals surface area contributed by atoms with Crippen LogP contribution in [-0.2, 0) is 12.0 Å². The molecule has 5 aromatic rings. The van der Waals surface area contributed by atoms with Crippen molar-refractivity contribution in [2.45, 2.75) is 51.5 Å². The smallest absolute Gasteiger partial charge is 0.292 e. The molecule has 0 radical (unpaired) electrons. The van der Waals surface area contributed by atoms with Gasteiger partial charge in [0.2, 0.25) is 5.89 Å². The Morgan fingerprint density at radius 2 is 1.88 bits per heavy atom. The van der Waals surface area contributed by atoms with Crippen LogP contribution in [0.15, 0.2) is 53.3 Å². The van der Waals surface area contributed by atoms with Crippen LogP contribution in [0.4, 0.5) is 18.9 Å². The number of amides is 1. The number of H-pyrrole nitrogens is 1. The molecular weight excluding hydrogens is 561 g/mol. The molecule has 1 aliphatic rings. The Hall–Kier alpha value is -4.81. The van der Waals surface area contributed by atoms with E-state index >= 15 is 4.39 Å². The summed E-state index contributed by atoms with van der Waals surface area (Å²) in [5.74, 6) is -3.00. The Morgan fingerprint density at radius 3 is 2.56 bits per heavy atom. The van der Waals surface area contributed by atoms with Crippen LogP contribution in [0, 0.1) is 5.82 Å². The van der Waals surface area contributed by atoms with Crippen molar-refractivity contribution in [3.05, 3.63) is 71.9 Å². The summed E-state index contributed by atoms with van der Waals surface area (Å²) in [5.41, 5.74) is 3.49. The lowest BCUT2D eigenvalue weighted by atomic mass is 9.97. The number of nitrogens with one attached hydrogen (secondary N) is 2. The molecule has 6 rings (SSSR count). The molecule has 222 valence electrons. The fourth-order valence-corrected chi connectivity index (χ4v) is 4.80. The molecule has 0 unspecified atom stereocenters. The quantitative estimate of drug-likeness (QED) is 0.259. The fourth-order valence-electron chi connectivity index (χ4n) is 4.80. The number of halogens is 3. The van der Waals surface area contributed by atoms with E-state index in [0.29, 0.717) is 39.7 Å². The number of hydrogen-bond acceptors (Lipinski definition) is 8. The Morgan fingerprint density at radius 1 is 1.09 bits per heavy atom. The average Bonchev–Trinajstić information content (AvgIpc) is 3.65. The van der Waals surface area contributed by atoms with Gasteiger partial charge < -0.3 is 19.7 Å². The van der Waals surface area contributed by atoms with Crippen molar-refractivity contribution in [2.75, 3.05) is 18.0 Å². The topological polar surface area (TPSA) is 126 Å². The van der Waals surface area contributed by atoms with E-state index in [1.807, 2.05) is 31.7 Å². The van der Waals surface area contributed by atoms with Crippen LogP contribution in [0.3, 0.4) is 0 Å². The highest BCUT2D eigenvalue weighted by Gasteiger charge is 2.34. The minimum Gasteiger partial charge on any atom is -0.370 e. The predicted octanol–water partition coefficient (Wildman–Crippen LogP) is 5.67. The number of anilines is 1. The molecule has 1 aromatic carbocycles. The number of carbonyl (C=O) groups excluding carboxylic acids is 1. The molecule has 0 bridgehead atoms. The molecule has 1 aliphatic heterocycles. The summed E-state index contributed by atoms with van der Waals surface area (Å²) >= 11 is 0. The summed E-state index contributed by atoms with van der Waals surface area (Å²) in [7, 11) is 0. The van der Waals surface area contributed by atoms with Crippen LogP contribution in [0.1, 0.15) is 55.7 Å².